The normalized spacial score (nSPS) is 14.0. The predicted octanol–water partition coefficient (Wildman–Crippen LogP) is 1.69. The fraction of sp³-hybridized carbons (Fsp3) is 0.667. The summed E-state index contributed by atoms with van der Waals surface area (Å²) in [7, 11) is 1.39. The smallest absolute Gasteiger partial charge is 0.333 e. The van der Waals surface area contributed by atoms with Crippen LogP contribution in [0, 0.1) is 5.41 Å². The molecule has 1 atom stereocenters. The molecule has 0 saturated heterocycles. The summed E-state index contributed by atoms with van der Waals surface area (Å²) in [4.78, 5) is 10.7. The minimum absolute atomic E-state index is 0.527. The Morgan fingerprint density at radius 1 is 1.58 bits per heavy atom. The number of carbonyl (C=O) groups is 1. The van der Waals surface area contributed by atoms with E-state index in [1.165, 1.54) is 7.11 Å². The Morgan fingerprint density at radius 2 is 2.00 bits per heavy atom. The number of aliphatic carboxylic acids is 1. The number of methoxy groups -OCH3 is 1. The van der Waals surface area contributed by atoms with E-state index in [9.17, 15) is 4.79 Å². The minimum Gasteiger partial charge on any atom is -0.479 e. The molecule has 70 valence electrons. The average molecular weight is 172 g/mol. The van der Waals surface area contributed by atoms with Crippen molar-refractivity contribution >= 4 is 5.97 Å². The van der Waals surface area contributed by atoms with Crippen molar-refractivity contribution in [3.63, 3.8) is 0 Å². The summed E-state index contributed by atoms with van der Waals surface area (Å²) in [5.41, 5.74) is 0.275. The lowest BCUT2D eigenvalue weighted by atomic mass is 9.80. The molecule has 3 nitrogen and oxygen atoms in total. The first kappa shape index (κ1) is 11.2. The fourth-order valence-corrected chi connectivity index (χ4v) is 0.928. The van der Waals surface area contributed by atoms with Gasteiger partial charge in [0.1, 0.15) is 0 Å². The lowest BCUT2D eigenvalue weighted by Gasteiger charge is -2.30. The Kier molecular flexibility index (Phi) is 3.46. The van der Waals surface area contributed by atoms with Gasteiger partial charge in [0.15, 0.2) is 6.10 Å². The third-order valence-electron chi connectivity index (χ3n) is 2.22. The molecule has 1 N–H and O–H groups in total. The average Bonchev–Trinajstić information content (AvgIpc) is 1.86. The van der Waals surface area contributed by atoms with Crippen LogP contribution in [0.1, 0.15) is 20.8 Å². The van der Waals surface area contributed by atoms with Crippen LogP contribution in [0.3, 0.4) is 0 Å². The zero-order valence-electron chi connectivity index (χ0n) is 8.05. The second-order valence-electron chi connectivity index (χ2n) is 3.46. The van der Waals surface area contributed by atoms with Crippen LogP contribution in [0.2, 0.25) is 0 Å². The van der Waals surface area contributed by atoms with E-state index in [2.05, 4.69) is 6.58 Å². The summed E-state index contributed by atoms with van der Waals surface area (Å²) in [5, 5.41) is 8.79. The SMILES string of the molecule is C=C(C)C(C)(C)C(OC)C(=O)O. The number of hydrogen-bond donors (Lipinski definition) is 1. The lowest BCUT2D eigenvalue weighted by molar-refractivity contribution is -0.154. The van der Waals surface area contributed by atoms with Gasteiger partial charge in [0, 0.05) is 12.5 Å². The summed E-state index contributed by atoms with van der Waals surface area (Å²) < 4.78 is 4.88. The lowest BCUT2D eigenvalue weighted by Crippen LogP contribution is -2.38. The van der Waals surface area contributed by atoms with Gasteiger partial charge in [-0.25, -0.2) is 4.79 Å². The Balaban J connectivity index is 4.71. The van der Waals surface area contributed by atoms with E-state index in [1.54, 1.807) is 20.8 Å². The topological polar surface area (TPSA) is 46.5 Å². The van der Waals surface area contributed by atoms with E-state index in [1.807, 2.05) is 0 Å². The second kappa shape index (κ2) is 3.72. The van der Waals surface area contributed by atoms with Gasteiger partial charge in [-0.15, -0.1) is 0 Å². The molecule has 0 aliphatic carbocycles. The van der Waals surface area contributed by atoms with Gasteiger partial charge in [0.2, 0.25) is 0 Å². The molecule has 0 bridgehead atoms. The van der Waals surface area contributed by atoms with E-state index >= 15 is 0 Å². The molecule has 0 spiro atoms. The number of rotatable bonds is 4. The molecule has 0 radical (unpaired) electrons. The first-order valence-corrected chi connectivity index (χ1v) is 3.75. The Labute approximate surface area is 73.0 Å². The highest BCUT2D eigenvalue weighted by molar-refractivity contribution is 5.74. The fourth-order valence-electron chi connectivity index (χ4n) is 0.928. The summed E-state index contributed by atoms with van der Waals surface area (Å²) >= 11 is 0. The molecule has 1 unspecified atom stereocenters. The minimum atomic E-state index is -0.953. The highest BCUT2D eigenvalue weighted by Gasteiger charge is 2.35. The molecule has 0 aromatic rings. The zero-order valence-corrected chi connectivity index (χ0v) is 8.05. The van der Waals surface area contributed by atoms with Crippen LogP contribution >= 0.6 is 0 Å². The van der Waals surface area contributed by atoms with E-state index in [0.717, 1.165) is 5.57 Å². The third-order valence-corrected chi connectivity index (χ3v) is 2.22. The molecule has 0 heterocycles. The van der Waals surface area contributed by atoms with Crippen molar-refractivity contribution in [3.05, 3.63) is 12.2 Å². The van der Waals surface area contributed by atoms with Crippen LogP contribution in [-0.2, 0) is 9.53 Å². The highest BCUT2D eigenvalue weighted by atomic mass is 16.5. The van der Waals surface area contributed by atoms with Gasteiger partial charge in [-0.3, -0.25) is 0 Å². The second-order valence-corrected chi connectivity index (χ2v) is 3.46. The molecule has 0 aromatic carbocycles. The van der Waals surface area contributed by atoms with Crippen LogP contribution < -0.4 is 0 Å². The maximum atomic E-state index is 10.7. The van der Waals surface area contributed by atoms with Crippen molar-refractivity contribution < 1.29 is 14.6 Å². The molecular weight excluding hydrogens is 156 g/mol. The molecule has 0 aliphatic rings. The molecular formula is C9H16O3. The Hall–Kier alpha value is -0.830. The zero-order chi connectivity index (χ0) is 9.94. The maximum Gasteiger partial charge on any atom is 0.333 e. The van der Waals surface area contributed by atoms with Gasteiger partial charge in [-0.2, -0.15) is 0 Å². The van der Waals surface area contributed by atoms with Gasteiger partial charge >= 0.3 is 5.97 Å². The van der Waals surface area contributed by atoms with Crippen LogP contribution in [0.5, 0.6) is 0 Å². The first-order chi connectivity index (χ1) is 5.34. The highest BCUT2D eigenvalue weighted by Crippen LogP contribution is 2.30. The summed E-state index contributed by atoms with van der Waals surface area (Å²) in [5.74, 6) is -0.953. The number of carboxylic acids is 1. The van der Waals surface area contributed by atoms with Crippen molar-refractivity contribution in [1.29, 1.82) is 0 Å². The molecule has 0 rings (SSSR count). The largest absolute Gasteiger partial charge is 0.479 e. The monoisotopic (exact) mass is 172 g/mol. The number of ether oxygens (including phenoxy) is 1. The summed E-state index contributed by atoms with van der Waals surface area (Å²) in [6.45, 7) is 9.14. The van der Waals surface area contributed by atoms with Crippen molar-refractivity contribution in [2.45, 2.75) is 26.9 Å². The summed E-state index contributed by atoms with van der Waals surface area (Å²) in [6.07, 6.45) is -0.824. The van der Waals surface area contributed by atoms with Crippen molar-refractivity contribution in [1.82, 2.24) is 0 Å². The summed E-state index contributed by atoms with van der Waals surface area (Å²) in [6, 6.07) is 0. The van der Waals surface area contributed by atoms with E-state index < -0.39 is 17.5 Å². The van der Waals surface area contributed by atoms with Gasteiger partial charge in [0.05, 0.1) is 0 Å². The Morgan fingerprint density at radius 3 is 2.08 bits per heavy atom. The van der Waals surface area contributed by atoms with E-state index in [4.69, 9.17) is 9.84 Å². The Bertz CT molecular complexity index is 194. The van der Waals surface area contributed by atoms with E-state index in [0.29, 0.717) is 0 Å². The molecule has 0 fully saturated rings. The molecule has 0 amide bonds. The molecule has 0 aliphatic heterocycles. The maximum absolute atomic E-state index is 10.7. The van der Waals surface area contributed by atoms with Crippen molar-refractivity contribution in [2.75, 3.05) is 7.11 Å². The van der Waals surface area contributed by atoms with Crippen molar-refractivity contribution in [3.8, 4) is 0 Å². The standard InChI is InChI=1S/C9H16O3/c1-6(2)9(3,4)7(12-5)8(10)11/h7H,1H2,2-5H3,(H,10,11). The van der Waals surface area contributed by atoms with Gasteiger partial charge in [0.25, 0.3) is 0 Å². The number of carboxylic acid groups (broad SMARTS) is 1. The van der Waals surface area contributed by atoms with Crippen LogP contribution in [0.4, 0.5) is 0 Å². The van der Waals surface area contributed by atoms with Gasteiger partial charge in [-0.05, 0) is 6.92 Å². The quantitative estimate of drug-likeness (QED) is 0.656. The molecule has 0 saturated carbocycles. The van der Waals surface area contributed by atoms with Crippen molar-refractivity contribution in [2.24, 2.45) is 5.41 Å². The van der Waals surface area contributed by atoms with Crippen LogP contribution in [0.25, 0.3) is 0 Å². The molecule has 3 heteroatoms. The van der Waals surface area contributed by atoms with Gasteiger partial charge < -0.3 is 9.84 Å². The number of hydrogen-bond acceptors (Lipinski definition) is 2. The van der Waals surface area contributed by atoms with E-state index in [-0.39, 0.29) is 0 Å². The molecule has 0 aromatic heterocycles. The third kappa shape index (κ3) is 2.08. The molecule has 12 heavy (non-hydrogen) atoms. The predicted molar refractivity (Wildman–Crippen MR) is 47.0 cm³/mol. The van der Waals surface area contributed by atoms with Crippen LogP contribution in [-0.4, -0.2) is 24.3 Å². The first-order valence-electron chi connectivity index (χ1n) is 3.75. The van der Waals surface area contributed by atoms with Gasteiger partial charge in [-0.1, -0.05) is 26.0 Å². The van der Waals surface area contributed by atoms with Crippen LogP contribution in [0.15, 0.2) is 12.2 Å².